The van der Waals surface area contributed by atoms with Crippen molar-refractivity contribution in [2.45, 2.75) is 40.3 Å². The highest BCUT2D eigenvalue weighted by molar-refractivity contribution is 5.80. The van der Waals surface area contributed by atoms with Crippen molar-refractivity contribution in [3.05, 3.63) is 46.8 Å². The molecule has 2 heterocycles. The lowest BCUT2D eigenvalue weighted by atomic mass is 10.2. The molecule has 0 aliphatic carbocycles. The molecule has 0 saturated carbocycles. The van der Waals surface area contributed by atoms with E-state index in [1.165, 1.54) is 0 Å². The molecule has 0 aliphatic rings. The molecule has 21 heavy (non-hydrogen) atoms. The van der Waals surface area contributed by atoms with Crippen LogP contribution in [0, 0.1) is 20.8 Å². The van der Waals surface area contributed by atoms with Crippen molar-refractivity contribution in [1.82, 2.24) is 10.6 Å². The summed E-state index contributed by atoms with van der Waals surface area (Å²) in [6.07, 6.45) is 0. The molecule has 0 fully saturated rings. The molecule has 5 nitrogen and oxygen atoms in total. The van der Waals surface area contributed by atoms with E-state index in [0.717, 1.165) is 34.6 Å². The molecule has 0 spiro atoms. The topological polar surface area (TPSA) is 62.7 Å². The maximum atomic E-state index is 5.62. The Morgan fingerprint density at radius 1 is 1.19 bits per heavy atom. The Bertz CT molecular complexity index is 625. The van der Waals surface area contributed by atoms with E-state index in [4.69, 9.17) is 8.83 Å². The van der Waals surface area contributed by atoms with Crippen LogP contribution in [0.25, 0.3) is 0 Å². The zero-order chi connectivity index (χ0) is 15.4. The Kier molecular flexibility index (Phi) is 4.73. The van der Waals surface area contributed by atoms with Gasteiger partial charge >= 0.3 is 0 Å². The number of rotatable bonds is 4. The summed E-state index contributed by atoms with van der Waals surface area (Å²) in [5.74, 6) is 4.39. The highest BCUT2D eigenvalue weighted by Crippen LogP contribution is 2.16. The Morgan fingerprint density at radius 2 is 1.95 bits per heavy atom. The third kappa shape index (κ3) is 3.90. The van der Waals surface area contributed by atoms with E-state index in [1.807, 2.05) is 45.9 Å². The minimum Gasteiger partial charge on any atom is -0.466 e. The summed E-state index contributed by atoms with van der Waals surface area (Å²) in [5.41, 5.74) is 1.14. The molecule has 2 aromatic heterocycles. The van der Waals surface area contributed by atoms with Gasteiger partial charge in [0.1, 0.15) is 23.0 Å². The summed E-state index contributed by atoms with van der Waals surface area (Å²) in [6.45, 7) is 8.57. The van der Waals surface area contributed by atoms with Gasteiger partial charge in [-0.3, -0.25) is 4.99 Å². The summed E-state index contributed by atoms with van der Waals surface area (Å²) < 4.78 is 11.1. The van der Waals surface area contributed by atoms with Crippen LogP contribution in [0.1, 0.15) is 41.6 Å². The van der Waals surface area contributed by atoms with Gasteiger partial charge in [-0.2, -0.15) is 0 Å². The third-order valence-electron chi connectivity index (χ3n) is 3.35. The summed E-state index contributed by atoms with van der Waals surface area (Å²) in [6, 6.07) is 6.03. The van der Waals surface area contributed by atoms with Gasteiger partial charge in [0.2, 0.25) is 0 Å². The number of nitrogens with one attached hydrogen (secondary N) is 2. The maximum Gasteiger partial charge on any atom is 0.191 e. The molecule has 0 aliphatic heterocycles. The van der Waals surface area contributed by atoms with E-state index in [1.54, 1.807) is 7.05 Å². The fourth-order valence-electron chi connectivity index (χ4n) is 2.19. The van der Waals surface area contributed by atoms with E-state index in [9.17, 15) is 0 Å². The van der Waals surface area contributed by atoms with Gasteiger partial charge in [0, 0.05) is 19.2 Å². The van der Waals surface area contributed by atoms with Crippen LogP contribution in [0.15, 0.2) is 32.0 Å². The number of furan rings is 2. The van der Waals surface area contributed by atoms with Crippen molar-refractivity contribution in [2.24, 2.45) is 4.99 Å². The van der Waals surface area contributed by atoms with Gasteiger partial charge in [0.05, 0.1) is 6.04 Å². The van der Waals surface area contributed by atoms with Crippen molar-refractivity contribution in [1.29, 1.82) is 0 Å². The summed E-state index contributed by atoms with van der Waals surface area (Å²) >= 11 is 0. The first kappa shape index (κ1) is 15.2. The number of aryl methyl sites for hydroxylation is 3. The Labute approximate surface area is 125 Å². The molecule has 0 radical (unpaired) electrons. The quantitative estimate of drug-likeness (QED) is 0.670. The second-order valence-electron chi connectivity index (χ2n) is 5.18. The maximum absolute atomic E-state index is 5.62. The first-order valence-electron chi connectivity index (χ1n) is 7.09. The minimum atomic E-state index is 0.0529. The molecule has 2 N–H and O–H groups in total. The first-order valence-corrected chi connectivity index (χ1v) is 7.09. The van der Waals surface area contributed by atoms with E-state index in [2.05, 4.69) is 15.6 Å². The molecule has 1 unspecified atom stereocenters. The highest BCUT2D eigenvalue weighted by atomic mass is 16.3. The Morgan fingerprint density at radius 3 is 2.48 bits per heavy atom. The van der Waals surface area contributed by atoms with Crippen LogP contribution >= 0.6 is 0 Å². The second kappa shape index (κ2) is 6.52. The summed E-state index contributed by atoms with van der Waals surface area (Å²) in [4.78, 5) is 4.23. The molecular formula is C16H23N3O2. The van der Waals surface area contributed by atoms with Gasteiger partial charge in [0.15, 0.2) is 5.96 Å². The van der Waals surface area contributed by atoms with Crippen LogP contribution in [0.2, 0.25) is 0 Å². The monoisotopic (exact) mass is 289 g/mol. The van der Waals surface area contributed by atoms with E-state index in [-0.39, 0.29) is 6.04 Å². The molecule has 1 atom stereocenters. The fraction of sp³-hybridized carbons (Fsp3) is 0.438. The van der Waals surface area contributed by atoms with Gasteiger partial charge in [-0.25, -0.2) is 0 Å². The molecular weight excluding hydrogens is 266 g/mol. The van der Waals surface area contributed by atoms with Gasteiger partial charge in [-0.05, 0) is 45.9 Å². The molecule has 0 bridgehead atoms. The third-order valence-corrected chi connectivity index (χ3v) is 3.35. The lowest BCUT2D eigenvalue weighted by Gasteiger charge is -2.16. The number of hydrogen-bond donors (Lipinski definition) is 2. The predicted octanol–water partition coefficient (Wildman–Crippen LogP) is 3.22. The second-order valence-corrected chi connectivity index (χ2v) is 5.18. The number of hydrogen-bond acceptors (Lipinski definition) is 3. The van der Waals surface area contributed by atoms with Gasteiger partial charge < -0.3 is 19.5 Å². The zero-order valence-electron chi connectivity index (χ0n) is 13.3. The predicted molar refractivity (Wildman–Crippen MR) is 83.4 cm³/mol. The van der Waals surface area contributed by atoms with Crippen LogP contribution in [0.5, 0.6) is 0 Å². The van der Waals surface area contributed by atoms with Crippen LogP contribution in [-0.4, -0.2) is 13.0 Å². The highest BCUT2D eigenvalue weighted by Gasteiger charge is 2.12. The largest absolute Gasteiger partial charge is 0.466 e. The molecule has 0 aromatic carbocycles. The summed E-state index contributed by atoms with van der Waals surface area (Å²) in [5, 5.41) is 6.59. The molecule has 114 valence electrons. The zero-order valence-corrected chi connectivity index (χ0v) is 13.3. The lowest BCUT2D eigenvalue weighted by Crippen LogP contribution is -2.38. The SMILES string of the molecule is CN=C(NCc1cc(C)oc1C)NC(C)c1ccc(C)o1. The van der Waals surface area contributed by atoms with Crippen LogP contribution in [0.3, 0.4) is 0 Å². The van der Waals surface area contributed by atoms with Gasteiger partial charge in [0.25, 0.3) is 0 Å². The van der Waals surface area contributed by atoms with Gasteiger partial charge in [-0.1, -0.05) is 0 Å². The Balaban J connectivity index is 1.93. The van der Waals surface area contributed by atoms with E-state index >= 15 is 0 Å². The van der Waals surface area contributed by atoms with Crippen LogP contribution in [-0.2, 0) is 6.54 Å². The van der Waals surface area contributed by atoms with Crippen molar-refractivity contribution < 1.29 is 8.83 Å². The fourth-order valence-corrected chi connectivity index (χ4v) is 2.19. The standard InChI is InChI=1S/C16H23N3O2/c1-10-6-7-15(21-10)12(3)19-16(17-5)18-9-14-8-11(2)20-13(14)4/h6-8,12H,9H2,1-5H3,(H2,17,18,19). The molecule has 5 heteroatoms. The smallest absolute Gasteiger partial charge is 0.191 e. The molecule has 2 aromatic rings. The average molecular weight is 289 g/mol. The van der Waals surface area contributed by atoms with Gasteiger partial charge in [-0.15, -0.1) is 0 Å². The van der Waals surface area contributed by atoms with E-state index < -0.39 is 0 Å². The van der Waals surface area contributed by atoms with Crippen molar-refractivity contribution in [3.8, 4) is 0 Å². The lowest BCUT2D eigenvalue weighted by molar-refractivity contribution is 0.441. The minimum absolute atomic E-state index is 0.0529. The number of aliphatic imine (C=N–C) groups is 1. The Hall–Kier alpha value is -2.17. The first-order chi connectivity index (χ1) is 9.99. The van der Waals surface area contributed by atoms with Crippen molar-refractivity contribution in [2.75, 3.05) is 7.05 Å². The summed E-state index contributed by atoms with van der Waals surface area (Å²) in [7, 11) is 1.75. The van der Waals surface area contributed by atoms with Crippen molar-refractivity contribution in [3.63, 3.8) is 0 Å². The van der Waals surface area contributed by atoms with Crippen LogP contribution in [0.4, 0.5) is 0 Å². The molecule has 2 rings (SSSR count). The average Bonchev–Trinajstić information content (AvgIpc) is 3.00. The normalized spacial score (nSPS) is 13.3. The van der Waals surface area contributed by atoms with Crippen molar-refractivity contribution >= 4 is 5.96 Å². The van der Waals surface area contributed by atoms with Crippen LogP contribution < -0.4 is 10.6 Å². The number of guanidine groups is 1. The van der Waals surface area contributed by atoms with E-state index in [0.29, 0.717) is 6.54 Å². The molecule has 0 saturated heterocycles. The molecule has 0 amide bonds. The number of nitrogens with zero attached hydrogens (tertiary/aromatic N) is 1.